The van der Waals surface area contributed by atoms with Crippen molar-refractivity contribution in [2.45, 2.75) is 52.5 Å². The number of nitrogens with zero attached hydrogens (tertiary/aromatic N) is 4. The molecule has 2 aliphatic rings. The lowest BCUT2D eigenvalue weighted by Crippen LogP contribution is -2.52. The van der Waals surface area contributed by atoms with E-state index in [0.717, 1.165) is 87.9 Å². The molecule has 1 aromatic rings. The minimum Gasteiger partial charge on any atom is -0.361 e. The second kappa shape index (κ2) is 12.5. The van der Waals surface area contributed by atoms with Crippen LogP contribution in [0.15, 0.2) is 9.52 Å². The molecule has 1 saturated heterocycles. The summed E-state index contributed by atoms with van der Waals surface area (Å²) >= 11 is 0. The van der Waals surface area contributed by atoms with Gasteiger partial charge < -0.3 is 20.1 Å². The van der Waals surface area contributed by atoms with Gasteiger partial charge in [-0.05, 0) is 19.3 Å². The zero-order chi connectivity index (χ0) is 20.6. The minimum absolute atomic E-state index is 0. The van der Waals surface area contributed by atoms with Gasteiger partial charge in [0.2, 0.25) is 5.91 Å². The number of halogens is 1. The van der Waals surface area contributed by atoms with Crippen LogP contribution in [0.5, 0.6) is 0 Å². The van der Waals surface area contributed by atoms with Gasteiger partial charge in [-0.3, -0.25) is 14.7 Å². The topological polar surface area (TPSA) is 86.0 Å². The third kappa shape index (κ3) is 6.32. The molecule has 0 unspecified atom stereocenters. The molecule has 0 spiro atoms. The van der Waals surface area contributed by atoms with Crippen molar-refractivity contribution < 1.29 is 9.32 Å². The van der Waals surface area contributed by atoms with Crippen LogP contribution in [0, 0.1) is 5.92 Å². The monoisotopic (exact) mass is 532 g/mol. The average Bonchev–Trinajstić information content (AvgIpc) is 3.11. The molecule has 1 aliphatic carbocycles. The van der Waals surface area contributed by atoms with E-state index in [4.69, 9.17) is 4.52 Å². The number of rotatable bonds is 8. The molecule has 8 nitrogen and oxygen atoms in total. The number of piperazine rings is 1. The summed E-state index contributed by atoms with van der Waals surface area (Å²) in [4.78, 5) is 21.1. The van der Waals surface area contributed by atoms with E-state index in [0.29, 0.717) is 18.4 Å². The minimum atomic E-state index is 0. The molecule has 0 atom stereocenters. The van der Waals surface area contributed by atoms with Crippen molar-refractivity contribution in [2.24, 2.45) is 10.9 Å². The summed E-state index contributed by atoms with van der Waals surface area (Å²) in [6.07, 6.45) is 5.09. The standard InChI is InChI=1S/C21H36N6O2.HI/c1-4-18-17(19(5-2)29-25-18)15-24-21(22-3)23-9-10-26-11-13-27(14-12-26)20(28)16-7-6-8-16;/h16H,4-15H2,1-3H3,(H2,22,23,24);1H. The number of hydrogen-bond acceptors (Lipinski definition) is 5. The number of guanidine groups is 1. The van der Waals surface area contributed by atoms with Gasteiger partial charge >= 0.3 is 0 Å². The van der Waals surface area contributed by atoms with E-state index >= 15 is 0 Å². The summed E-state index contributed by atoms with van der Waals surface area (Å²) in [6.45, 7) is 10.2. The molecule has 0 radical (unpaired) electrons. The molecule has 2 heterocycles. The maximum absolute atomic E-state index is 12.3. The predicted octanol–water partition coefficient (Wildman–Crippen LogP) is 2.03. The van der Waals surface area contributed by atoms with Gasteiger partial charge in [0.05, 0.1) is 5.69 Å². The van der Waals surface area contributed by atoms with Crippen LogP contribution in [0.25, 0.3) is 0 Å². The third-order valence-corrected chi connectivity index (χ3v) is 6.12. The first-order chi connectivity index (χ1) is 14.2. The molecule has 3 rings (SSSR count). The molecule has 1 saturated carbocycles. The van der Waals surface area contributed by atoms with Crippen molar-refractivity contribution in [1.82, 2.24) is 25.6 Å². The Labute approximate surface area is 197 Å². The Morgan fingerprint density at radius 2 is 1.90 bits per heavy atom. The van der Waals surface area contributed by atoms with Crippen LogP contribution in [0.2, 0.25) is 0 Å². The number of aryl methyl sites for hydroxylation is 2. The summed E-state index contributed by atoms with van der Waals surface area (Å²) in [5.74, 6) is 2.42. The molecule has 170 valence electrons. The van der Waals surface area contributed by atoms with E-state index in [1.807, 2.05) is 0 Å². The lowest BCUT2D eigenvalue weighted by Gasteiger charge is -2.38. The van der Waals surface area contributed by atoms with E-state index < -0.39 is 0 Å². The van der Waals surface area contributed by atoms with Crippen LogP contribution in [0.3, 0.4) is 0 Å². The second-order valence-corrected chi connectivity index (χ2v) is 7.89. The molecular weight excluding hydrogens is 495 g/mol. The quantitative estimate of drug-likeness (QED) is 0.303. The lowest BCUT2D eigenvalue weighted by atomic mass is 9.84. The summed E-state index contributed by atoms with van der Waals surface area (Å²) in [5, 5.41) is 10.9. The van der Waals surface area contributed by atoms with Crippen LogP contribution in [-0.2, 0) is 24.2 Å². The van der Waals surface area contributed by atoms with Crippen LogP contribution in [-0.4, -0.2) is 73.1 Å². The SMILES string of the molecule is CCc1noc(CC)c1CNC(=NC)NCCN1CCN(C(=O)C2CCC2)CC1.I. The van der Waals surface area contributed by atoms with Crippen LogP contribution >= 0.6 is 24.0 Å². The largest absolute Gasteiger partial charge is 0.361 e. The van der Waals surface area contributed by atoms with E-state index in [1.54, 1.807) is 7.05 Å². The molecule has 2 fully saturated rings. The van der Waals surface area contributed by atoms with Gasteiger partial charge in [0.15, 0.2) is 5.96 Å². The normalized spacial score (nSPS) is 18.0. The van der Waals surface area contributed by atoms with E-state index in [-0.39, 0.29) is 24.0 Å². The summed E-state index contributed by atoms with van der Waals surface area (Å²) in [6, 6.07) is 0. The molecule has 9 heteroatoms. The number of hydrogen-bond donors (Lipinski definition) is 2. The highest BCUT2D eigenvalue weighted by atomic mass is 127. The van der Waals surface area contributed by atoms with Gasteiger partial charge in [-0.25, -0.2) is 0 Å². The van der Waals surface area contributed by atoms with Crippen molar-refractivity contribution in [3.63, 3.8) is 0 Å². The smallest absolute Gasteiger partial charge is 0.225 e. The highest BCUT2D eigenvalue weighted by Crippen LogP contribution is 2.28. The predicted molar refractivity (Wildman–Crippen MR) is 129 cm³/mol. The molecule has 0 aromatic carbocycles. The fraction of sp³-hybridized carbons (Fsp3) is 0.762. The number of aliphatic imine (C=N–C) groups is 1. The van der Waals surface area contributed by atoms with Gasteiger partial charge in [-0.1, -0.05) is 25.4 Å². The summed E-state index contributed by atoms with van der Waals surface area (Å²) in [7, 11) is 1.79. The first-order valence-electron chi connectivity index (χ1n) is 11.1. The van der Waals surface area contributed by atoms with E-state index in [2.05, 4.69) is 44.4 Å². The van der Waals surface area contributed by atoms with E-state index in [9.17, 15) is 4.79 Å². The zero-order valence-electron chi connectivity index (χ0n) is 18.6. The van der Waals surface area contributed by atoms with Crippen molar-refractivity contribution in [3.8, 4) is 0 Å². The van der Waals surface area contributed by atoms with Crippen molar-refractivity contribution in [1.29, 1.82) is 0 Å². The van der Waals surface area contributed by atoms with Gasteiger partial charge in [-0.15, -0.1) is 24.0 Å². The molecule has 2 N–H and O–H groups in total. The molecular formula is C21H37IN6O2. The van der Waals surface area contributed by atoms with Crippen LogP contribution in [0.1, 0.15) is 50.1 Å². The number of aromatic nitrogens is 1. The Morgan fingerprint density at radius 1 is 1.17 bits per heavy atom. The lowest BCUT2D eigenvalue weighted by molar-refractivity contribution is -0.139. The van der Waals surface area contributed by atoms with E-state index in [1.165, 1.54) is 6.42 Å². The number of amides is 1. The Hall–Kier alpha value is -1.36. The second-order valence-electron chi connectivity index (χ2n) is 7.89. The fourth-order valence-electron chi connectivity index (χ4n) is 3.97. The molecule has 1 amide bonds. The first-order valence-corrected chi connectivity index (χ1v) is 11.1. The fourth-order valence-corrected chi connectivity index (χ4v) is 3.97. The highest BCUT2D eigenvalue weighted by Gasteiger charge is 2.31. The zero-order valence-corrected chi connectivity index (χ0v) is 20.9. The van der Waals surface area contributed by atoms with Crippen molar-refractivity contribution in [2.75, 3.05) is 46.3 Å². The molecule has 30 heavy (non-hydrogen) atoms. The Kier molecular flexibility index (Phi) is 10.4. The maximum Gasteiger partial charge on any atom is 0.225 e. The molecule has 1 aromatic heterocycles. The number of carbonyl (C=O) groups excluding carboxylic acids is 1. The van der Waals surface area contributed by atoms with Gasteiger partial charge in [0, 0.05) is 70.8 Å². The number of nitrogens with one attached hydrogen (secondary N) is 2. The highest BCUT2D eigenvalue weighted by molar-refractivity contribution is 14.0. The van der Waals surface area contributed by atoms with Gasteiger partial charge in [-0.2, -0.15) is 0 Å². The molecule has 0 bridgehead atoms. The van der Waals surface area contributed by atoms with Crippen molar-refractivity contribution >= 4 is 35.8 Å². The average molecular weight is 532 g/mol. The number of carbonyl (C=O) groups is 1. The van der Waals surface area contributed by atoms with Gasteiger partial charge in [0.25, 0.3) is 0 Å². The first kappa shape index (κ1) is 24.9. The van der Waals surface area contributed by atoms with Crippen LogP contribution < -0.4 is 10.6 Å². The van der Waals surface area contributed by atoms with Crippen LogP contribution in [0.4, 0.5) is 0 Å². The molecule has 1 aliphatic heterocycles. The maximum atomic E-state index is 12.3. The Bertz CT molecular complexity index is 674. The third-order valence-electron chi connectivity index (χ3n) is 6.12. The Morgan fingerprint density at radius 3 is 2.47 bits per heavy atom. The van der Waals surface area contributed by atoms with Gasteiger partial charge in [0.1, 0.15) is 5.76 Å². The van der Waals surface area contributed by atoms with Crippen molar-refractivity contribution in [3.05, 3.63) is 17.0 Å². The summed E-state index contributed by atoms with van der Waals surface area (Å²) in [5.41, 5.74) is 2.16. The summed E-state index contributed by atoms with van der Waals surface area (Å²) < 4.78 is 5.43. The Balaban J connectivity index is 0.00000320.